The molecule has 0 spiro atoms. The van der Waals surface area contributed by atoms with Crippen molar-refractivity contribution in [2.75, 3.05) is 14.2 Å². The van der Waals surface area contributed by atoms with E-state index in [1.54, 1.807) is 14.2 Å². The highest BCUT2D eigenvalue weighted by Crippen LogP contribution is 2.47. The van der Waals surface area contributed by atoms with E-state index >= 15 is 0 Å². The van der Waals surface area contributed by atoms with Gasteiger partial charge in [0.15, 0.2) is 0 Å². The van der Waals surface area contributed by atoms with Gasteiger partial charge in [-0.3, -0.25) is 4.79 Å². The zero-order valence-electron chi connectivity index (χ0n) is 11.7. The van der Waals surface area contributed by atoms with Gasteiger partial charge < -0.3 is 14.6 Å². The third-order valence-corrected chi connectivity index (χ3v) is 4.16. The van der Waals surface area contributed by atoms with E-state index in [2.05, 4.69) is 0 Å². The summed E-state index contributed by atoms with van der Waals surface area (Å²) in [6.45, 7) is 1.89. The van der Waals surface area contributed by atoms with Gasteiger partial charge in [-0.2, -0.15) is 0 Å². The molecule has 0 amide bonds. The molecule has 1 aliphatic rings. The molecule has 0 aromatic heterocycles. The van der Waals surface area contributed by atoms with Crippen molar-refractivity contribution in [3.63, 3.8) is 0 Å². The lowest BCUT2D eigenvalue weighted by atomic mass is 9.77. The first-order valence-electron chi connectivity index (χ1n) is 6.52. The topological polar surface area (TPSA) is 55.8 Å². The average molecular weight is 264 g/mol. The molecule has 0 unspecified atom stereocenters. The molecule has 19 heavy (non-hydrogen) atoms. The molecule has 1 aromatic rings. The molecule has 1 aliphatic carbocycles. The van der Waals surface area contributed by atoms with Crippen molar-refractivity contribution in [2.45, 2.75) is 38.0 Å². The molecule has 0 aliphatic heterocycles. The Morgan fingerprint density at radius 3 is 2.32 bits per heavy atom. The molecule has 1 saturated carbocycles. The summed E-state index contributed by atoms with van der Waals surface area (Å²) in [5.74, 6) is 0.607. The Hall–Kier alpha value is -1.71. The first-order valence-corrected chi connectivity index (χ1v) is 6.52. The van der Waals surface area contributed by atoms with Gasteiger partial charge in [-0.1, -0.05) is 18.9 Å². The van der Waals surface area contributed by atoms with E-state index in [1.807, 2.05) is 19.1 Å². The van der Waals surface area contributed by atoms with E-state index in [9.17, 15) is 9.90 Å². The Morgan fingerprint density at radius 1 is 1.21 bits per heavy atom. The molecular formula is C15H20O4. The Balaban J connectivity index is 2.61. The number of methoxy groups -OCH3 is 2. The summed E-state index contributed by atoms with van der Waals surface area (Å²) in [4.78, 5) is 11.8. The van der Waals surface area contributed by atoms with Crippen LogP contribution in [0.1, 0.15) is 36.8 Å². The SMILES string of the molecule is COc1ccc(C2(C(=O)O)CCCC2)c(OC)c1C. The first-order chi connectivity index (χ1) is 9.06. The molecule has 104 valence electrons. The van der Waals surface area contributed by atoms with Gasteiger partial charge in [0.25, 0.3) is 0 Å². The molecule has 1 aromatic carbocycles. The van der Waals surface area contributed by atoms with Crippen LogP contribution in [0.2, 0.25) is 0 Å². The Kier molecular flexibility index (Phi) is 3.69. The van der Waals surface area contributed by atoms with Crippen molar-refractivity contribution < 1.29 is 19.4 Å². The van der Waals surface area contributed by atoms with Crippen LogP contribution in [-0.4, -0.2) is 25.3 Å². The molecule has 1 fully saturated rings. The van der Waals surface area contributed by atoms with Crippen LogP contribution in [0.5, 0.6) is 11.5 Å². The van der Waals surface area contributed by atoms with Crippen molar-refractivity contribution >= 4 is 5.97 Å². The van der Waals surface area contributed by atoms with Gasteiger partial charge in [-0.15, -0.1) is 0 Å². The van der Waals surface area contributed by atoms with Crippen LogP contribution in [0.25, 0.3) is 0 Å². The summed E-state index contributed by atoms with van der Waals surface area (Å²) in [7, 11) is 3.18. The van der Waals surface area contributed by atoms with Crippen molar-refractivity contribution in [1.29, 1.82) is 0 Å². The van der Waals surface area contributed by atoms with Crippen molar-refractivity contribution in [3.8, 4) is 11.5 Å². The van der Waals surface area contributed by atoms with Gasteiger partial charge in [-0.05, 0) is 25.8 Å². The van der Waals surface area contributed by atoms with E-state index < -0.39 is 11.4 Å². The van der Waals surface area contributed by atoms with E-state index in [0.717, 1.165) is 29.7 Å². The minimum Gasteiger partial charge on any atom is -0.496 e. The predicted octanol–water partition coefficient (Wildman–Crippen LogP) is 2.91. The second-order valence-electron chi connectivity index (χ2n) is 5.07. The van der Waals surface area contributed by atoms with Gasteiger partial charge in [0.2, 0.25) is 0 Å². The van der Waals surface area contributed by atoms with Crippen molar-refractivity contribution in [2.24, 2.45) is 0 Å². The summed E-state index contributed by atoms with van der Waals surface area (Å²) >= 11 is 0. The smallest absolute Gasteiger partial charge is 0.314 e. The summed E-state index contributed by atoms with van der Waals surface area (Å²) < 4.78 is 10.7. The zero-order chi connectivity index (χ0) is 14.0. The number of hydrogen-bond donors (Lipinski definition) is 1. The molecule has 0 atom stereocenters. The first kappa shape index (κ1) is 13.7. The minimum atomic E-state index is -0.803. The standard InChI is InChI=1S/C15H20O4/c1-10-12(18-2)7-6-11(13(10)19-3)15(14(16)17)8-4-5-9-15/h6-7H,4-5,8-9H2,1-3H3,(H,16,17). The predicted molar refractivity (Wildman–Crippen MR) is 72.1 cm³/mol. The zero-order valence-corrected chi connectivity index (χ0v) is 11.7. The monoisotopic (exact) mass is 264 g/mol. The lowest BCUT2D eigenvalue weighted by Crippen LogP contribution is -2.33. The van der Waals surface area contributed by atoms with Gasteiger partial charge >= 0.3 is 5.97 Å². The molecule has 4 nitrogen and oxygen atoms in total. The number of carboxylic acid groups (broad SMARTS) is 1. The van der Waals surface area contributed by atoms with Gasteiger partial charge in [0.05, 0.1) is 19.6 Å². The highest BCUT2D eigenvalue weighted by Gasteiger charge is 2.45. The fourth-order valence-corrected chi connectivity index (χ4v) is 3.11. The summed E-state index contributed by atoms with van der Waals surface area (Å²) in [6, 6.07) is 3.67. The second kappa shape index (κ2) is 5.11. The van der Waals surface area contributed by atoms with Gasteiger partial charge in [0, 0.05) is 11.1 Å². The molecule has 0 bridgehead atoms. The average Bonchev–Trinajstić information content (AvgIpc) is 2.88. The third kappa shape index (κ3) is 2.05. The van der Waals surface area contributed by atoms with Gasteiger partial charge in [-0.25, -0.2) is 0 Å². The number of rotatable bonds is 4. The maximum atomic E-state index is 11.8. The molecule has 0 saturated heterocycles. The minimum absolute atomic E-state index is 0.642. The summed E-state index contributed by atoms with van der Waals surface area (Å²) in [6.07, 6.45) is 3.23. The maximum absolute atomic E-state index is 11.8. The Labute approximate surface area is 113 Å². The number of carbonyl (C=O) groups is 1. The van der Waals surface area contributed by atoms with E-state index in [0.29, 0.717) is 18.6 Å². The Bertz CT molecular complexity index is 487. The molecule has 0 heterocycles. The van der Waals surface area contributed by atoms with Crippen molar-refractivity contribution in [3.05, 3.63) is 23.3 Å². The third-order valence-electron chi connectivity index (χ3n) is 4.16. The second-order valence-corrected chi connectivity index (χ2v) is 5.07. The number of hydrogen-bond acceptors (Lipinski definition) is 3. The van der Waals surface area contributed by atoms with Crippen LogP contribution in [0.15, 0.2) is 12.1 Å². The van der Waals surface area contributed by atoms with E-state index in [-0.39, 0.29) is 0 Å². The molecule has 1 N–H and O–H groups in total. The molecular weight excluding hydrogens is 244 g/mol. The van der Waals surface area contributed by atoms with Crippen LogP contribution in [0.4, 0.5) is 0 Å². The summed E-state index contributed by atoms with van der Waals surface area (Å²) in [5, 5.41) is 9.67. The van der Waals surface area contributed by atoms with Crippen LogP contribution in [-0.2, 0) is 10.2 Å². The number of carboxylic acids is 1. The number of benzene rings is 1. The van der Waals surface area contributed by atoms with Crippen LogP contribution in [0, 0.1) is 6.92 Å². The van der Waals surface area contributed by atoms with Gasteiger partial charge in [0.1, 0.15) is 11.5 Å². The maximum Gasteiger partial charge on any atom is 0.314 e. The van der Waals surface area contributed by atoms with Crippen LogP contribution in [0.3, 0.4) is 0 Å². The van der Waals surface area contributed by atoms with Crippen LogP contribution < -0.4 is 9.47 Å². The fourth-order valence-electron chi connectivity index (χ4n) is 3.11. The highest BCUT2D eigenvalue weighted by atomic mass is 16.5. The summed E-state index contributed by atoms with van der Waals surface area (Å²) in [5.41, 5.74) is 0.830. The fraction of sp³-hybridized carbons (Fsp3) is 0.533. The number of ether oxygens (including phenoxy) is 2. The van der Waals surface area contributed by atoms with E-state index in [4.69, 9.17) is 9.47 Å². The van der Waals surface area contributed by atoms with Crippen molar-refractivity contribution in [1.82, 2.24) is 0 Å². The Morgan fingerprint density at radius 2 is 1.84 bits per heavy atom. The lowest BCUT2D eigenvalue weighted by Gasteiger charge is -2.27. The molecule has 2 rings (SSSR count). The number of aliphatic carboxylic acids is 1. The normalized spacial score (nSPS) is 17.2. The van der Waals surface area contributed by atoms with Crippen LogP contribution >= 0.6 is 0 Å². The van der Waals surface area contributed by atoms with E-state index in [1.165, 1.54) is 0 Å². The molecule has 0 radical (unpaired) electrons. The lowest BCUT2D eigenvalue weighted by molar-refractivity contribution is -0.143. The molecule has 4 heteroatoms. The quantitative estimate of drug-likeness (QED) is 0.908. The largest absolute Gasteiger partial charge is 0.496 e. The highest BCUT2D eigenvalue weighted by molar-refractivity contribution is 5.83.